The van der Waals surface area contributed by atoms with Crippen LogP contribution < -0.4 is 0 Å². The lowest BCUT2D eigenvalue weighted by molar-refractivity contribution is -0.142. The summed E-state index contributed by atoms with van der Waals surface area (Å²) >= 11 is 7.69. The molecular formula is C30H38ClN5O2S. The predicted octanol–water partition coefficient (Wildman–Crippen LogP) is 6.49. The van der Waals surface area contributed by atoms with Crippen LogP contribution in [0.15, 0.2) is 59.8 Å². The van der Waals surface area contributed by atoms with Gasteiger partial charge >= 0.3 is 0 Å². The van der Waals surface area contributed by atoms with E-state index in [4.69, 9.17) is 11.6 Å². The highest BCUT2D eigenvalue weighted by Crippen LogP contribution is 2.29. The summed E-state index contributed by atoms with van der Waals surface area (Å²) < 4.78 is 2.05. The molecule has 208 valence electrons. The lowest BCUT2D eigenvalue weighted by atomic mass is 10.1. The zero-order valence-electron chi connectivity index (χ0n) is 22.9. The van der Waals surface area contributed by atoms with Crippen molar-refractivity contribution >= 4 is 35.2 Å². The Balaban J connectivity index is 1.29. The van der Waals surface area contributed by atoms with Crippen molar-refractivity contribution < 1.29 is 9.59 Å². The van der Waals surface area contributed by atoms with Crippen molar-refractivity contribution in [2.45, 2.75) is 70.0 Å². The highest BCUT2D eigenvalue weighted by atomic mass is 35.5. The van der Waals surface area contributed by atoms with Gasteiger partial charge in [-0.05, 0) is 56.2 Å². The molecule has 1 aliphatic rings. The molecule has 1 aliphatic heterocycles. The van der Waals surface area contributed by atoms with Gasteiger partial charge in [0.05, 0.1) is 0 Å². The normalized spacial score (nSPS) is 15.5. The van der Waals surface area contributed by atoms with Gasteiger partial charge < -0.3 is 9.80 Å². The average molecular weight is 568 g/mol. The van der Waals surface area contributed by atoms with Gasteiger partial charge in [0.25, 0.3) is 0 Å². The molecule has 2 amide bonds. The predicted molar refractivity (Wildman–Crippen MR) is 158 cm³/mol. The molecule has 0 N–H and O–H groups in total. The van der Waals surface area contributed by atoms with Crippen LogP contribution in [0, 0.1) is 0 Å². The van der Waals surface area contributed by atoms with Gasteiger partial charge in [0.2, 0.25) is 11.8 Å². The number of carbonyl (C=O) groups is 2. The van der Waals surface area contributed by atoms with Crippen molar-refractivity contribution in [3.63, 3.8) is 0 Å². The molecule has 7 nitrogen and oxygen atoms in total. The van der Waals surface area contributed by atoms with Crippen LogP contribution in [0.25, 0.3) is 17.1 Å². The Labute approximate surface area is 240 Å². The molecule has 0 aliphatic carbocycles. The SMILES string of the molecule is CCCCCCC(=O)N1CCN(C(=O)CCCSc2nnc(-c3ccc(Cl)cc3)n2-c2ccccc2)CC1C. The van der Waals surface area contributed by atoms with Crippen LogP contribution >= 0.6 is 23.4 Å². The molecule has 0 bridgehead atoms. The molecule has 9 heteroatoms. The second-order valence-electron chi connectivity index (χ2n) is 10.0. The number of thioether (sulfide) groups is 1. The van der Waals surface area contributed by atoms with Crippen LogP contribution in [0.3, 0.4) is 0 Å². The maximum atomic E-state index is 12.9. The molecule has 1 atom stereocenters. The summed E-state index contributed by atoms with van der Waals surface area (Å²) in [7, 11) is 0. The quantitative estimate of drug-likeness (QED) is 0.185. The zero-order valence-corrected chi connectivity index (χ0v) is 24.5. The standard InChI is InChI=1S/C30H38ClN5O2S/c1-3-4-5-9-13-28(38)35-20-19-34(22-23(35)2)27(37)14-10-21-39-30-33-32-29(24-15-17-25(31)18-16-24)36(30)26-11-7-6-8-12-26/h6-8,11-12,15-18,23H,3-5,9-10,13-14,19-22H2,1-2H3. The summed E-state index contributed by atoms with van der Waals surface area (Å²) in [5.41, 5.74) is 1.92. The van der Waals surface area contributed by atoms with Crippen LogP contribution in [-0.4, -0.2) is 67.8 Å². The van der Waals surface area contributed by atoms with E-state index < -0.39 is 0 Å². The number of nitrogens with zero attached hydrogens (tertiary/aromatic N) is 5. The maximum absolute atomic E-state index is 12.9. The number of carbonyl (C=O) groups excluding carboxylic acids is 2. The summed E-state index contributed by atoms with van der Waals surface area (Å²) in [6.45, 7) is 6.08. The summed E-state index contributed by atoms with van der Waals surface area (Å²) in [5.74, 6) is 1.89. The Hall–Kier alpha value is -2.84. The molecule has 4 rings (SSSR count). The van der Waals surface area contributed by atoms with E-state index in [0.717, 1.165) is 47.2 Å². The van der Waals surface area contributed by atoms with Crippen molar-refractivity contribution in [3.05, 3.63) is 59.6 Å². The molecule has 0 saturated carbocycles. The van der Waals surface area contributed by atoms with Crippen LogP contribution in [0.2, 0.25) is 5.02 Å². The number of aromatic nitrogens is 3. The Morgan fingerprint density at radius 2 is 1.67 bits per heavy atom. The topological polar surface area (TPSA) is 71.3 Å². The van der Waals surface area contributed by atoms with Crippen molar-refractivity contribution in [1.82, 2.24) is 24.6 Å². The lowest BCUT2D eigenvalue weighted by Gasteiger charge is -2.40. The minimum Gasteiger partial charge on any atom is -0.339 e. The van der Waals surface area contributed by atoms with Crippen LogP contribution in [-0.2, 0) is 9.59 Å². The molecule has 0 radical (unpaired) electrons. The number of rotatable bonds is 12. The molecule has 3 aromatic rings. The Kier molecular flexibility index (Phi) is 10.9. The van der Waals surface area contributed by atoms with Gasteiger partial charge in [-0.15, -0.1) is 10.2 Å². The number of benzene rings is 2. The third-order valence-electron chi connectivity index (χ3n) is 7.06. The summed E-state index contributed by atoms with van der Waals surface area (Å²) in [6, 6.07) is 17.7. The molecule has 1 fully saturated rings. The van der Waals surface area contributed by atoms with E-state index in [1.54, 1.807) is 11.8 Å². The zero-order chi connectivity index (χ0) is 27.6. The van der Waals surface area contributed by atoms with Crippen molar-refractivity contribution in [3.8, 4) is 17.1 Å². The van der Waals surface area contributed by atoms with Crippen LogP contribution in [0.5, 0.6) is 0 Å². The van der Waals surface area contributed by atoms with Crippen molar-refractivity contribution in [2.24, 2.45) is 0 Å². The number of para-hydroxylation sites is 1. The van der Waals surface area contributed by atoms with E-state index >= 15 is 0 Å². The van der Waals surface area contributed by atoms with Crippen molar-refractivity contribution in [1.29, 1.82) is 0 Å². The highest BCUT2D eigenvalue weighted by molar-refractivity contribution is 7.99. The summed E-state index contributed by atoms with van der Waals surface area (Å²) in [5, 5.41) is 10.4. The smallest absolute Gasteiger partial charge is 0.222 e. The van der Waals surface area contributed by atoms with Gasteiger partial charge in [-0.3, -0.25) is 14.2 Å². The van der Waals surface area contributed by atoms with Gasteiger partial charge in [-0.25, -0.2) is 0 Å². The fourth-order valence-electron chi connectivity index (χ4n) is 4.91. The largest absolute Gasteiger partial charge is 0.339 e. The molecule has 39 heavy (non-hydrogen) atoms. The minimum absolute atomic E-state index is 0.0615. The molecule has 1 aromatic heterocycles. The Morgan fingerprint density at radius 3 is 2.38 bits per heavy atom. The first-order chi connectivity index (χ1) is 19.0. The van der Waals surface area contributed by atoms with E-state index in [-0.39, 0.29) is 17.9 Å². The molecule has 2 heterocycles. The van der Waals surface area contributed by atoms with E-state index in [0.29, 0.717) is 37.5 Å². The number of amides is 2. The van der Waals surface area contributed by atoms with Gasteiger partial charge in [-0.1, -0.05) is 67.7 Å². The highest BCUT2D eigenvalue weighted by Gasteiger charge is 2.29. The van der Waals surface area contributed by atoms with E-state index in [2.05, 4.69) is 21.7 Å². The lowest BCUT2D eigenvalue weighted by Crippen LogP contribution is -2.55. The first-order valence-electron chi connectivity index (χ1n) is 13.9. The Bertz CT molecular complexity index is 1220. The van der Waals surface area contributed by atoms with Gasteiger partial charge in [0.15, 0.2) is 11.0 Å². The molecule has 1 saturated heterocycles. The van der Waals surface area contributed by atoms with E-state index in [9.17, 15) is 9.59 Å². The monoisotopic (exact) mass is 567 g/mol. The minimum atomic E-state index is 0.0615. The second kappa shape index (κ2) is 14.5. The first kappa shape index (κ1) is 29.2. The molecule has 1 unspecified atom stereocenters. The number of halogens is 1. The van der Waals surface area contributed by atoms with Crippen LogP contribution in [0.1, 0.15) is 58.8 Å². The molecular weight excluding hydrogens is 530 g/mol. The van der Waals surface area contributed by atoms with E-state index in [1.807, 2.05) is 71.3 Å². The van der Waals surface area contributed by atoms with Gasteiger partial charge in [0, 0.05) is 60.5 Å². The van der Waals surface area contributed by atoms with Crippen molar-refractivity contribution in [2.75, 3.05) is 25.4 Å². The van der Waals surface area contributed by atoms with E-state index in [1.165, 1.54) is 12.8 Å². The molecule has 2 aromatic carbocycles. The third-order valence-corrected chi connectivity index (χ3v) is 8.33. The first-order valence-corrected chi connectivity index (χ1v) is 15.3. The maximum Gasteiger partial charge on any atom is 0.222 e. The van der Waals surface area contributed by atoms with Gasteiger partial charge in [0.1, 0.15) is 0 Å². The third kappa shape index (κ3) is 7.85. The number of hydrogen-bond acceptors (Lipinski definition) is 5. The summed E-state index contributed by atoms with van der Waals surface area (Å²) in [4.78, 5) is 29.5. The van der Waals surface area contributed by atoms with Gasteiger partial charge in [-0.2, -0.15) is 0 Å². The number of unbranched alkanes of at least 4 members (excludes halogenated alkanes) is 3. The molecule has 0 spiro atoms. The number of piperazine rings is 1. The second-order valence-corrected chi connectivity index (χ2v) is 11.5. The fraction of sp³-hybridized carbons (Fsp3) is 0.467. The summed E-state index contributed by atoms with van der Waals surface area (Å²) in [6.07, 6.45) is 6.25. The van der Waals surface area contributed by atoms with Crippen LogP contribution in [0.4, 0.5) is 0 Å². The fourth-order valence-corrected chi connectivity index (χ4v) is 5.92. The average Bonchev–Trinajstić information content (AvgIpc) is 3.38. The Morgan fingerprint density at radius 1 is 0.923 bits per heavy atom. The number of hydrogen-bond donors (Lipinski definition) is 0.